The second-order valence-electron chi connectivity index (χ2n) is 7.21. The van der Waals surface area contributed by atoms with E-state index in [1.165, 1.54) is 21.9 Å². The second kappa shape index (κ2) is 6.00. The number of likely N-dealkylation sites (N-methyl/N-ethyl adjacent to an activating group) is 1. The molecule has 2 aliphatic heterocycles. The predicted octanol–water partition coefficient (Wildman–Crippen LogP) is 2.48. The monoisotopic (exact) mass is 370 g/mol. The lowest BCUT2D eigenvalue weighted by Crippen LogP contribution is -2.62. The standard InChI is InChI=1S/C19H21FN5O2/c1-11(2)25-12(3)9-23-15-16(21-18(23)25)22(4)19(27)24(17(15)26)10-13-5-7-14(20)8-6-13/h5-9,11,15H,10H2,1-4H3/q+1. The molecule has 1 saturated heterocycles. The number of aromatic nitrogens is 2. The molecule has 0 spiro atoms. The summed E-state index contributed by atoms with van der Waals surface area (Å²) >= 11 is 0. The Morgan fingerprint density at radius 2 is 1.89 bits per heavy atom. The third kappa shape index (κ3) is 2.55. The van der Waals surface area contributed by atoms with Crippen LogP contribution in [0, 0.1) is 12.7 Å². The van der Waals surface area contributed by atoms with E-state index in [4.69, 9.17) is 0 Å². The Hall–Kier alpha value is -3.03. The van der Waals surface area contributed by atoms with Gasteiger partial charge in [-0.25, -0.2) is 18.3 Å². The molecule has 0 bridgehead atoms. The summed E-state index contributed by atoms with van der Waals surface area (Å²) in [4.78, 5) is 33.2. The molecular formula is C19H21FN5O2+. The minimum atomic E-state index is -0.665. The number of imide groups is 1. The van der Waals surface area contributed by atoms with Gasteiger partial charge < -0.3 is 0 Å². The van der Waals surface area contributed by atoms with E-state index >= 15 is 0 Å². The number of aliphatic imine (C=N–C) groups is 1. The number of amidine groups is 1. The summed E-state index contributed by atoms with van der Waals surface area (Å²) in [7, 11) is 1.62. The van der Waals surface area contributed by atoms with Crippen LogP contribution in [0.4, 0.5) is 15.1 Å². The topological polar surface area (TPSA) is 61.8 Å². The molecule has 140 valence electrons. The average Bonchev–Trinajstić information content (AvgIpc) is 3.12. The number of carbonyl (C=O) groups excluding carboxylic acids is 2. The van der Waals surface area contributed by atoms with Gasteiger partial charge >= 0.3 is 12.0 Å². The van der Waals surface area contributed by atoms with E-state index in [0.717, 1.165) is 5.69 Å². The third-order valence-electron chi connectivity index (χ3n) is 5.02. The van der Waals surface area contributed by atoms with Crippen molar-refractivity contribution < 1.29 is 18.5 Å². The van der Waals surface area contributed by atoms with Gasteiger partial charge in [0.1, 0.15) is 17.7 Å². The lowest BCUT2D eigenvalue weighted by atomic mass is 10.1. The molecular weight excluding hydrogens is 349 g/mol. The minimum Gasteiger partial charge on any atom is -0.270 e. The molecule has 0 aliphatic carbocycles. The number of urea groups is 1. The number of amides is 3. The summed E-state index contributed by atoms with van der Waals surface area (Å²) in [5.41, 5.74) is 1.69. The Balaban J connectivity index is 1.73. The van der Waals surface area contributed by atoms with Crippen LogP contribution in [-0.2, 0) is 11.3 Å². The molecule has 0 saturated carbocycles. The Morgan fingerprint density at radius 1 is 1.22 bits per heavy atom. The minimum absolute atomic E-state index is 0.0891. The maximum absolute atomic E-state index is 13.2. The van der Waals surface area contributed by atoms with E-state index in [1.807, 2.05) is 36.1 Å². The lowest BCUT2D eigenvalue weighted by molar-refractivity contribution is -0.677. The summed E-state index contributed by atoms with van der Waals surface area (Å²) in [6.07, 6.45) is 1.90. The number of imidazole rings is 1. The Kier molecular flexibility index (Phi) is 3.87. The Morgan fingerprint density at radius 3 is 2.52 bits per heavy atom. The molecule has 27 heavy (non-hydrogen) atoms. The molecule has 1 aromatic heterocycles. The van der Waals surface area contributed by atoms with Gasteiger partial charge in [-0.05, 0) is 38.5 Å². The van der Waals surface area contributed by atoms with Crippen molar-refractivity contribution in [2.45, 2.75) is 39.4 Å². The van der Waals surface area contributed by atoms with Gasteiger partial charge in [0.25, 0.3) is 5.91 Å². The van der Waals surface area contributed by atoms with Crippen molar-refractivity contribution in [3.63, 3.8) is 0 Å². The van der Waals surface area contributed by atoms with Gasteiger partial charge in [0, 0.05) is 7.05 Å². The van der Waals surface area contributed by atoms with Gasteiger partial charge in [-0.2, -0.15) is 0 Å². The van der Waals surface area contributed by atoms with Crippen LogP contribution in [0.1, 0.15) is 37.2 Å². The largest absolute Gasteiger partial charge is 0.402 e. The zero-order valence-electron chi connectivity index (χ0n) is 15.7. The van der Waals surface area contributed by atoms with Crippen molar-refractivity contribution in [1.82, 2.24) is 14.4 Å². The van der Waals surface area contributed by atoms with Crippen LogP contribution >= 0.6 is 0 Å². The fourth-order valence-electron chi connectivity index (χ4n) is 3.76. The van der Waals surface area contributed by atoms with Crippen molar-refractivity contribution in [1.29, 1.82) is 0 Å². The molecule has 8 heteroatoms. The molecule has 0 N–H and O–H groups in total. The van der Waals surface area contributed by atoms with Crippen LogP contribution in [0.25, 0.3) is 0 Å². The fourth-order valence-corrected chi connectivity index (χ4v) is 3.76. The summed E-state index contributed by atoms with van der Waals surface area (Å²) in [6.45, 7) is 6.16. The average molecular weight is 370 g/mol. The normalized spacial score (nSPS) is 18.9. The summed E-state index contributed by atoms with van der Waals surface area (Å²) < 4.78 is 17.0. The number of halogens is 1. The third-order valence-corrected chi connectivity index (χ3v) is 5.02. The maximum atomic E-state index is 13.2. The number of benzene rings is 1. The highest BCUT2D eigenvalue weighted by Crippen LogP contribution is 2.31. The molecule has 2 aliphatic rings. The smallest absolute Gasteiger partial charge is 0.270 e. The van der Waals surface area contributed by atoms with Crippen molar-refractivity contribution in [3.05, 3.63) is 47.5 Å². The zero-order valence-corrected chi connectivity index (χ0v) is 15.7. The van der Waals surface area contributed by atoms with Gasteiger partial charge in [0.2, 0.25) is 11.9 Å². The molecule has 1 atom stereocenters. The molecule has 2 aromatic rings. The summed E-state index contributed by atoms with van der Waals surface area (Å²) in [5, 5.41) is 0. The molecule has 1 fully saturated rings. The first-order valence-electron chi connectivity index (χ1n) is 8.84. The van der Waals surface area contributed by atoms with Crippen LogP contribution in [0.15, 0.2) is 35.5 Å². The van der Waals surface area contributed by atoms with Crippen LogP contribution in [-0.4, -0.2) is 39.2 Å². The Labute approximate surface area is 156 Å². The molecule has 3 heterocycles. The molecule has 1 aromatic carbocycles. The van der Waals surface area contributed by atoms with Crippen molar-refractivity contribution in [3.8, 4) is 0 Å². The van der Waals surface area contributed by atoms with Gasteiger partial charge in [-0.15, -0.1) is 0 Å². The van der Waals surface area contributed by atoms with Crippen molar-refractivity contribution in [2.75, 3.05) is 7.05 Å². The van der Waals surface area contributed by atoms with Gasteiger partial charge in [-0.3, -0.25) is 14.6 Å². The lowest BCUT2D eigenvalue weighted by Gasteiger charge is -2.33. The van der Waals surface area contributed by atoms with E-state index in [-0.39, 0.29) is 24.3 Å². The van der Waals surface area contributed by atoms with Gasteiger partial charge in [0.15, 0.2) is 0 Å². The number of rotatable bonds is 3. The van der Waals surface area contributed by atoms with Gasteiger partial charge in [0.05, 0.1) is 12.6 Å². The molecule has 3 amide bonds. The number of fused-ring (bicyclic) bond motifs is 3. The van der Waals surface area contributed by atoms with Crippen LogP contribution in [0.5, 0.6) is 0 Å². The zero-order chi connectivity index (χ0) is 19.5. The highest BCUT2D eigenvalue weighted by molar-refractivity contribution is 6.18. The number of nitrogens with zero attached hydrogens (tertiary/aromatic N) is 5. The first kappa shape index (κ1) is 17.4. The van der Waals surface area contributed by atoms with Crippen LogP contribution in [0.3, 0.4) is 0 Å². The number of carbonyl (C=O) groups is 2. The molecule has 1 unspecified atom stereocenters. The van der Waals surface area contributed by atoms with E-state index in [9.17, 15) is 14.0 Å². The van der Waals surface area contributed by atoms with Crippen molar-refractivity contribution in [2.24, 2.45) is 4.99 Å². The fraction of sp³-hybridized carbons (Fsp3) is 0.368. The SMILES string of the molecule is Cc1c[n+]2c(n1C(C)C)N=C1C2C(=O)N(Cc2ccc(F)cc2)C(=O)N1C. The highest BCUT2D eigenvalue weighted by Gasteiger charge is 2.53. The maximum Gasteiger partial charge on any atom is 0.402 e. The van der Waals surface area contributed by atoms with Crippen LogP contribution < -0.4 is 4.57 Å². The number of hydrogen-bond acceptors (Lipinski definition) is 3. The van der Waals surface area contributed by atoms with Crippen molar-refractivity contribution >= 4 is 23.7 Å². The van der Waals surface area contributed by atoms with E-state index < -0.39 is 12.1 Å². The number of hydrogen-bond donors (Lipinski definition) is 0. The summed E-state index contributed by atoms with van der Waals surface area (Å²) in [6, 6.07) is 4.87. The second-order valence-corrected chi connectivity index (χ2v) is 7.21. The first-order chi connectivity index (χ1) is 12.8. The molecule has 7 nitrogen and oxygen atoms in total. The highest BCUT2D eigenvalue weighted by atomic mass is 19.1. The predicted molar refractivity (Wildman–Crippen MR) is 96.0 cm³/mol. The number of aryl methyl sites for hydroxylation is 1. The first-order valence-corrected chi connectivity index (χ1v) is 8.84. The molecule has 4 rings (SSSR count). The Bertz CT molecular complexity index is 977. The summed E-state index contributed by atoms with van der Waals surface area (Å²) in [5.74, 6) is 0.415. The van der Waals surface area contributed by atoms with Crippen LogP contribution in [0.2, 0.25) is 0 Å². The quantitative estimate of drug-likeness (QED) is 0.780. The van der Waals surface area contributed by atoms with E-state index in [1.54, 1.807) is 19.2 Å². The van der Waals surface area contributed by atoms with E-state index in [2.05, 4.69) is 4.99 Å². The molecule has 0 radical (unpaired) electrons. The van der Waals surface area contributed by atoms with Gasteiger partial charge in [-0.1, -0.05) is 17.1 Å². The van der Waals surface area contributed by atoms with E-state index in [0.29, 0.717) is 17.3 Å².